The minimum atomic E-state index is 0.323. The number of aromatic nitrogens is 1. The third-order valence-electron chi connectivity index (χ3n) is 3.27. The maximum atomic E-state index is 5.05. The number of benzene rings is 1. The number of methoxy groups -OCH3 is 1. The molecular weight excluding hydrogens is 236 g/mol. The SMILES string of the molecule is COc1ccc(CN[C@H](C)c2ccccc2C)cn1. The lowest BCUT2D eigenvalue weighted by molar-refractivity contribution is 0.397. The smallest absolute Gasteiger partial charge is 0.212 e. The number of ether oxygens (including phenoxy) is 1. The maximum absolute atomic E-state index is 5.05. The molecule has 0 aliphatic heterocycles. The number of rotatable bonds is 5. The minimum Gasteiger partial charge on any atom is -0.481 e. The van der Waals surface area contributed by atoms with Crippen LogP contribution in [0.4, 0.5) is 0 Å². The molecule has 0 fully saturated rings. The Kier molecular flexibility index (Phi) is 4.53. The average Bonchev–Trinajstić information content (AvgIpc) is 2.46. The van der Waals surface area contributed by atoms with E-state index in [2.05, 4.69) is 48.4 Å². The highest BCUT2D eigenvalue weighted by atomic mass is 16.5. The van der Waals surface area contributed by atoms with E-state index < -0.39 is 0 Å². The highest BCUT2D eigenvalue weighted by Crippen LogP contribution is 2.17. The van der Waals surface area contributed by atoms with Gasteiger partial charge >= 0.3 is 0 Å². The molecule has 1 atom stereocenters. The Morgan fingerprint density at radius 1 is 1.21 bits per heavy atom. The van der Waals surface area contributed by atoms with Gasteiger partial charge in [-0.3, -0.25) is 0 Å². The fourth-order valence-electron chi connectivity index (χ4n) is 2.09. The number of nitrogens with one attached hydrogen (secondary N) is 1. The Bertz CT molecular complexity index is 523. The third-order valence-corrected chi connectivity index (χ3v) is 3.27. The van der Waals surface area contributed by atoms with Crippen molar-refractivity contribution in [3.05, 3.63) is 59.3 Å². The van der Waals surface area contributed by atoms with Crippen molar-refractivity contribution >= 4 is 0 Å². The molecule has 0 radical (unpaired) electrons. The summed E-state index contributed by atoms with van der Waals surface area (Å²) in [5.41, 5.74) is 3.81. The van der Waals surface area contributed by atoms with Crippen molar-refractivity contribution in [3.8, 4) is 5.88 Å². The Morgan fingerprint density at radius 3 is 2.63 bits per heavy atom. The van der Waals surface area contributed by atoms with Gasteiger partial charge in [-0.2, -0.15) is 0 Å². The number of hydrogen-bond donors (Lipinski definition) is 1. The fourth-order valence-corrected chi connectivity index (χ4v) is 2.09. The number of pyridine rings is 1. The van der Waals surface area contributed by atoms with Crippen LogP contribution in [-0.2, 0) is 6.54 Å². The van der Waals surface area contributed by atoms with E-state index in [1.54, 1.807) is 7.11 Å². The van der Waals surface area contributed by atoms with E-state index in [-0.39, 0.29) is 0 Å². The minimum absolute atomic E-state index is 0.323. The molecule has 0 bridgehead atoms. The summed E-state index contributed by atoms with van der Waals surface area (Å²) in [6.07, 6.45) is 1.84. The van der Waals surface area contributed by atoms with Gasteiger partial charge < -0.3 is 10.1 Å². The number of aryl methyl sites for hydroxylation is 1. The molecule has 3 heteroatoms. The second-order valence-corrected chi connectivity index (χ2v) is 4.67. The summed E-state index contributed by atoms with van der Waals surface area (Å²) in [5, 5.41) is 3.51. The Hall–Kier alpha value is -1.87. The molecule has 0 unspecified atom stereocenters. The lowest BCUT2D eigenvalue weighted by atomic mass is 10.0. The quantitative estimate of drug-likeness (QED) is 0.891. The second kappa shape index (κ2) is 6.34. The zero-order chi connectivity index (χ0) is 13.7. The van der Waals surface area contributed by atoms with Crippen LogP contribution in [0.5, 0.6) is 5.88 Å². The van der Waals surface area contributed by atoms with Crippen molar-refractivity contribution in [3.63, 3.8) is 0 Å². The van der Waals surface area contributed by atoms with E-state index in [0.29, 0.717) is 11.9 Å². The van der Waals surface area contributed by atoms with Gasteiger partial charge in [0, 0.05) is 24.8 Å². The van der Waals surface area contributed by atoms with Crippen LogP contribution in [-0.4, -0.2) is 12.1 Å². The molecule has 19 heavy (non-hydrogen) atoms. The first kappa shape index (κ1) is 13.6. The summed E-state index contributed by atoms with van der Waals surface area (Å²) in [7, 11) is 1.63. The van der Waals surface area contributed by atoms with E-state index in [1.807, 2.05) is 18.3 Å². The monoisotopic (exact) mass is 256 g/mol. The Balaban J connectivity index is 1.96. The number of nitrogens with zero attached hydrogens (tertiary/aromatic N) is 1. The molecule has 0 saturated carbocycles. The standard InChI is InChI=1S/C16H20N2O/c1-12-6-4-5-7-15(12)13(2)17-10-14-8-9-16(19-3)18-11-14/h4-9,11,13,17H,10H2,1-3H3/t13-/m1/s1. The van der Waals surface area contributed by atoms with Gasteiger partial charge in [-0.15, -0.1) is 0 Å². The van der Waals surface area contributed by atoms with Gasteiger partial charge in [0.1, 0.15) is 0 Å². The molecule has 0 aliphatic rings. The zero-order valence-corrected chi connectivity index (χ0v) is 11.7. The van der Waals surface area contributed by atoms with E-state index in [4.69, 9.17) is 4.74 Å². The van der Waals surface area contributed by atoms with Crippen molar-refractivity contribution in [2.45, 2.75) is 26.4 Å². The third kappa shape index (κ3) is 3.55. The van der Waals surface area contributed by atoms with Crippen molar-refractivity contribution < 1.29 is 4.74 Å². The van der Waals surface area contributed by atoms with Gasteiger partial charge in [0.15, 0.2) is 0 Å². The Morgan fingerprint density at radius 2 is 2.00 bits per heavy atom. The van der Waals surface area contributed by atoms with Crippen LogP contribution in [0.15, 0.2) is 42.6 Å². The maximum Gasteiger partial charge on any atom is 0.212 e. The normalized spacial score (nSPS) is 12.2. The van der Waals surface area contributed by atoms with Crippen LogP contribution in [0, 0.1) is 6.92 Å². The average molecular weight is 256 g/mol. The molecule has 0 aliphatic carbocycles. The van der Waals surface area contributed by atoms with Gasteiger partial charge in [0.25, 0.3) is 0 Å². The summed E-state index contributed by atoms with van der Waals surface area (Å²) in [4.78, 5) is 4.20. The van der Waals surface area contributed by atoms with Gasteiger partial charge in [0.2, 0.25) is 5.88 Å². The molecule has 100 valence electrons. The van der Waals surface area contributed by atoms with Crippen molar-refractivity contribution in [1.29, 1.82) is 0 Å². The summed E-state index contributed by atoms with van der Waals surface area (Å²) in [6, 6.07) is 12.7. The highest BCUT2D eigenvalue weighted by Gasteiger charge is 2.07. The predicted molar refractivity (Wildman–Crippen MR) is 77.2 cm³/mol. The van der Waals surface area contributed by atoms with Crippen LogP contribution >= 0.6 is 0 Å². The summed E-state index contributed by atoms with van der Waals surface area (Å²) in [6.45, 7) is 5.12. The largest absolute Gasteiger partial charge is 0.481 e. The van der Waals surface area contributed by atoms with E-state index in [0.717, 1.165) is 12.1 Å². The topological polar surface area (TPSA) is 34.1 Å². The van der Waals surface area contributed by atoms with E-state index in [1.165, 1.54) is 11.1 Å². The van der Waals surface area contributed by atoms with Crippen LogP contribution in [0.3, 0.4) is 0 Å². The molecule has 1 aromatic heterocycles. The first-order chi connectivity index (χ1) is 9.20. The first-order valence-electron chi connectivity index (χ1n) is 6.48. The van der Waals surface area contributed by atoms with Crippen molar-refractivity contribution in [1.82, 2.24) is 10.3 Å². The Labute approximate surface area is 114 Å². The molecule has 1 N–H and O–H groups in total. The molecule has 3 nitrogen and oxygen atoms in total. The van der Waals surface area contributed by atoms with Crippen molar-refractivity contribution in [2.24, 2.45) is 0 Å². The molecule has 1 heterocycles. The van der Waals surface area contributed by atoms with Crippen LogP contribution < -0.4 is 10.1 Å². The molecule has 0 saturated heterocycles. The first-order valence-corrected chi connectivity index (χ1v) is 6.48. The van der Waals surface area contributed by atoms with Gasteiger partial charge in [-0.1, -0.05) is 30.3 Å². The fraction of sp³-hybridized carbons (Fsp3) is 0.312. The predicted octanol–water partition coefficient (Wildman–Crippen LogP) is 3.25. The molecule has 0 amide bonds. The summed E-state index contributed by atoms with van der Waals surface area (Å²) >= 11 is 0. The lowest BCUT2D eigenvalue weighted by Gasteiger charge is -2.16. The molecular formula is C16H20N2O. The zero-order valence-electron chi connectivity index (χ0n) is 11.7. The molecule has 2 rings (SSSR count). The van der Waals surface area contributed by atoms with Gasteiger partial charge in [-0.25, -0.2) is 4.98 Å². The van der Waals surface area contributed by atoms with Gasteiger partial charge in [0.05, 0.1) is 7.11 Å². The number of hydrogen-bond acceptors (Lipinski definition) is 3. The second-order valence-electron chi connectivity index (χ2n) is 4.67. The van der Waals surface area contributed by atoms with Crippen LogP contribution in [0.25, 0.3) is 0 Å². The van der Waals surface area contributed by atoms with Crippen LogP contribution in [0.1, 0.15) is 29.7 Å². The molecule has 1 aromatic carbocycles. The molecule has 0 spiro atoms. The van der Waals surface area contributed by atoms with E-state index in [9.17, 15) is 0 Å². The summed E-state index contributed by atoms with van der Waals surface area (Å²) in [5.74, 6) is 0.649. The van der Waals surface area contributed by atoms with Crippen molar-refractivity contribution in [2.75, 3.05) is 7.11 Å². The van der Waals surface area contributed by atoms with Gasteiger partial charge in [-0.05, 0) is 30.5 Å². The summed E-state index contributed by atoms with van der Waals surface area (Å²) < 4.78 is 5.05. The van der Waals surface area contributed by atoms with Crippen LogP contribution in [0.2, 0.25) is 0 Å². The van der Waals surface area contributed by atoms with E-state index >= 15 is 0 Å². The lowest BCUT2D eigenvalue weighted by Crippen LogP contribution is -2.18. The highest BCUT2D eigenvalue weighted by molar-refractivity contribution is 5.28. The molecule has 2 aromatic rings.